The van der Waals surface area contributed by atoms with Gasteiger partial charge >= 0.3 is 0 Å². The summed E-state index contributed by atoms with van der Waals surface area (Å²) in [5, 5.41) is 9.67. The summed E-state index contributed by atoms with van der Waals surface area (Å²) >= 11 is 0. The van der Waals surface area contributed by atoms with Crippen molar-refractivity contribution in [3.8, 4) is 0 Å². The van der Waals surface area contributed by atoms with E-state index in [1.54, 1.807) is 11.8 Å². The minimum atomic E-state index is -0.677. The fourth-order valence-corrected chi connectivity index (χ4v) is 1.74. The first kappa shape index (κ1) is 11.5. The van der Waals surface area contributed by atoms with E-state index in [9.17, 15) is 9.90 Å². The topological polar surface area (TPSA) is 66.6 Å². The summed E-state index contributed by atoms with van der Waals surface area (Å²) in [6.45, 7) is 3.59. The number of unbranched alkanes of at least 4 members (excludes halogenated alkanes) is 1. The highest BCUT2D eigenvalue weighted by molar-refractivity contribution is 5.76. The second-order valence-electron chi connectivity index (χ2n) is 4.31. The minimum Gasteiger partial charge on any atom is -0.388 e. The molecule has 1 heterocycles. The second kappa shape index (κ2) is 4.75. The third kappa shape index (κ3) is 3.27. The number of β-amino-alcohol motifs (C(OH)–C–C–N with tert-alkyl or cyclic N) is 1. The number of nitrogens with zero attached hydrogens (tertiary/aromatic N) is 1. The van der Waals surface area contributed by atoms with Gasteiger partial charge in [0.2, 0.25) is 5.91 Å². The van der Waals surface area contributed by atoms with Crippen LogP contribution in [0, 0.1) is 0 Å². The van der Waals surface area contributed by atoms with Crippen LogP contribution in [0.4, 0.5) is 0 Å². The molecule has 0 aromatic carbocycles. The standard InChI is InChI=1S/C10H20N2O2/c1-10(14)5-7-12(8-10)9(13)4-2-3-6-11/h14H,2-8,11H2,1H3. The van der Waals surface area contributed by atoms with Crippen LogP contribution in [0.3, 0.4) is 0 Å². The molecule has 0 aromatic rings. The number of carbonyl (C=O) groups excluding carboxylic acids is 1. The zero-order valence-corrected chi connectivity index (χ0v) is 8.83. The Morgan fingerprint density at radius 3 is 2.79 bits per heavy atom. The van der Waals surface area contributed by atoms with E-state index in [4.69, 9.17) is 5.73 Å². The molecule has 1 saturated heterocycles. The number of nitrogens with two attached hydrogens (primary N) is 1. The van der Waals surface area contributed by atoms with Crippen molar-refractivity contribution in [2.24, 2.45) is 5.73 Å². The molecule has 1 atom stereocenters. The molecule has 1 unspecified atom stereocenters. The van der Waals surface area contributed by atoms with Gasteiger partial charge in [0.15, 0.2) is 0 Å². The molecule has 1 fully saturated rings. The first-order valence-electron chi connectivity index (χ1n) is 5.25. The van der Waals surface area contributed by atoms with Crippen molar-refractivity contribution < 1.29 is 9.90 Å². The molecule has 14 heavy (non-hydrogen) atoms. The smallest absolute Gasteiger partial charge is 0.222 e. The maximum absolute atomic E-state index is 11.6. The van der Waals surface area contributed by atoms with E-state index in [1.165, 1.54) is 0 Å². The van der Waals surface area contributed by atoms with Gasteiger partial charge in [-0.05, 0) is 32.7 Å². The van der Waals surface area contributed by atoms with Gasteiger partial charge in [-0.3, -0.25) is 4.79 Å². The zero-order chi connectivity index (χ0) is 10.6. The van der Waals surface area contributed by atoms with Gasteiger partial charge in [0.05, 0.1) is 5.60 Å². The normalized spacial score (nSPS) is 26.9. The summed E-state index contributed by atoms with van der Waals surface area (Å²) in [6, 6.07) is 0. The van der Waals surface area contributed by atoms with E-state index in [1.807, 2.05) is 0 Å². The van der Waals surface area contributed by atoms with Crippen molar-refractivity contribution >= 4 is 5.91 Å². The monoisotopic (exact) mass is 200 g/mol. The van der Waals surface area contributed by atoms with Crippen LogP contribution in [0.15, 0.2) is 0 Å². The molecule has 0 aliphatic carbocycles. The lowest BCUT2D eigenvalue weighted by molar-refractivity contribution is -0.131. The van der Waals surface area contributed by atoms with Gasteiger partial charge in [0, 0.05) is 19.5 Å². The van der Waals surface area contributed by atoms with Gasteiger partial charge < -0.3 is 15.7 Å². The quantitative estimate of drug-likeness (QED) is 0.632. The Hall–Kier alpha value is -0.610. The van der Waals surface area contributed by atoms with E-state index < -0.39 is 5.60 Å². The summed E-state index contributed by atoms with van der Waals surface area (Å²) in [6.07, 6.45) is 3.01. The van der Waals surface area contributed by atoms with Gasteiger partial charge in [0.25, 0.3) is 0 Å². The Balaban J connectivity index is 2.25. The van der Waals surface area contributed by atoms with E-state index in [0.717, 1.165) is 12.8 Å². The summed E-state index contributed by atoms with van der Waals surface area (Å²) in [5.74, 6) is 0.149. The number of carbonyl (C=O) groups is 1. The first-order valence-corrected chi connectivity index (χ1v) is 5.25. The summed E-state index contributed by atoms with van der Waals surface area (Å²) in [7, 11) is 0. The third-order valence-electron chi connectivity index (χ3n) is 2.65. The van der Waals surface area contributed by atoms with Crippen LogP contribution >= 0.6 is 0 Å². The number of hydrogen-bond donors (Lipinski definition) is 2. The lowest BCUT2D eigenvalue weighted by Crippen LogP contribution is -2.33. The van der Waals surface area contributed by atoms with Crippen molar-refractivity contribution in [3.63, 3.8) is 0 Å². The summed E-state index contributed by atoms with van der Waals surface area (Å²) in [5.41, 5.74) is 4.67. The van der Waals surface area contributed by atoms with Crippen molar-refractivity contribution in [3.05, 3.63) is 0 Å². The predicted octanol–water partition coefficient (Wildman–Crippen LogP) is 0.0987. The van der Waals surface area contributed by atoms with Crippen LogP contribution in [0.5, 0.6) is 0 Å². The molecule has 1 aliphatic heterocycles. The van der Waals surface area contributed by atoms with Crippen LogP contribution in [0.1, 0.15) is 32.6 Å². The summed E-state index contributed by atoms with van der Waals surface area (Å²) < 4.78 is 0. The maximum Gasteiger partial charge on any atom is 0.222 e. The molecule has 0 bridgehead atoms. The average molecular weight is 200 g/mol. The number of likely N-dealkylation sites (tertiary alicyclic amines) is 1. The number of rotatable bonds is 4. The molecule has 0 saturated carbocycles. The van der Waals surface area contributed by atoms with E-state index in [0.29, 0.717) is 32.5 Å². The molecule has 1 amide bonds. The van der Waals surface area contributed by atoms with Crippen LogP contribution in [-0.2, 0) is 4.79 Å². The number of hydrogen-bond acceptors (Lipinski definition) is 3. The summed E-state index contributed by atoms with van der Waals surface area (Å²) in [4.78, 5) is 13.3. The first-order chi connectivity index (χ1) is 6.55. The second-order valence-corrected chi connectivity index (χ2v) is 4.31. The predicted molar refractivity (Wildman–Crippen MR) is 54.7 cm³/mol. The van der Waals surface area contributed by atoms with Crippen molar-refractivity contribution in [1.29, 1.82) is 0 Å². The molecule has 82 valence electrons. The van der Waals surface area contributed by atoms with E-state index in [2.05, 4.69) is 0 Å². The lowest BCUT2D eigenvalue weighted by atomic mass is 10.1. The molecule has 0 radical (unpaired) electrons. The van der Waals surface area contributed by atoms with Crippen molar-refractivity contribution in [2.75, 3.05) is 19.6 Å². The molecular weight excluding hydrogens is 180 g/mol. The van der Waals surface area contributed by atoms with Crippen LogP contribution in [0.25, 0.3) is 0 Å². The van der Waals surface area contributed by atoms with E-state index in [-0.39, 0.29) is 5.91 Å². The minimum absolute atomic E-state index is 0.149. The molecule has 1 aliphatic rings. The Bertz CT molecular complexity index is 204. The van der Waals surface area contributed by atoms with Crippen molar-refractivity contribution in [2.45, 2.75) is 38.2 Å². The van der Waals surface area contributed by atoms with Gasteiger partial charge in [0.1, 0.15) is 0 Å². The third-order valence-corrected chi connectivity index (χ3v) is 2.65. The highest BCUT2D eigenvalue weighted by Gasteiger charge is 2.33. The zero-order valence-electron chi connectivity index (χ0n) is 8.83. The van der Waals surface area contributed by atoms with Gasteiger partial charge in [-0.15, -0.1) is 0 Å². The fraction of sp³-hybridized carbons (Fsp3) is 0.900. The average Bonchev–Trinajstić information content (AvgIpc) is 2.46. The maximum atomic E-state index is 11.6. The molecule has 0 spiro atoms. The number of amides is 1. The van der Waals surface area contributed by atoms with Gasteiger partial charge in [-0.1, -0.05) is 0 Å². The fourth-order valence-electron chi connectivity index (χ4n) is 1.74. The molecule has 4 nitrogen and oxygen atoms in total. The Kier molecular flexibility index (Phi) is 3.89. The molecule has 1 rings (SSSR count). The Morgan fingerprint density at radius 1 is 1.57 bits per heavy atom. The molecule has 3 N–H and O–H groups in total. The van der Waals surface area contributed by atoms with Crippen LogP contribution < -0.4 is 5.73 Å². The van der Waals surface area contributed by atoms with E-state index >= 15 is 0 Å². The van der Waals surface area contributed by atoms with Crippen LogP contribution in [-0.4, -0.2) is 41.1 Å². The molecule has 0 aromatic heterocycles. The highest BCUT2D eigenvalue weighted by atomic mass is 16.3. The molecular formula is C10H20N2O2. The molecule has 4 heteroatoms. The largest absolute Gasteiger partial charge is 0.388 e. The number of aliphatic hydroxyl groups is 1. The van der Waals surface area contributed by atoms with Crippen LogP contribution in [0.2, 0.25) is 0 Å². The van der Waals surface area contributed by atoms with Gasteiger partial charge in [-0.25, -0.2) is 0 Å². The SMILES string of the molecule is CC1(O)CCN(C(=O)CCCCN)C1. The van der Waals surface area contributed by atoms with Gasteiger partial charge in [-0.2, -0.15) is 0 Å². The lowest BCUT2D eigenvalue weighted by Gasteiger charge is -2.18. The van der Waals surface area contributed by atoms with Crippen molar-refractivity contribution in [1.82, 2.24) is 4.90 Å². The highest BCUT2D eigenvalue weighted by Crippen LogP contribution is 2.20. The Morgan fingerprint density at radius 2 is 2.29 bits per heavy atom. The Labute approximate surface area is 85.1 Å².